The molecule has 0 aliphatic heterocycles. The van der Waals surface area contributed by atoms with E-state index in [0.717, 1.165) is 0 Å². The average Bonchev–Trinajstić information content (AvgIpc) is 2.47. The van der Waals surface area contributed by atoms with Crippen LogP contribution < -0.4 is 0 Å². The lowest BCUT2D eigenvalue weighted by atomic mass is 10.4. The maximum Gasteiger partial charge on any atom is 0.330 e. The zero-order chi connectivity index (χ0) is 8.97. The molecule has 0 amide bonds. The quantitative estimate of drug-likeness (QED) is 0.526. The van der Waals surface area contributed by atoms with Gasteiger partial charge in [0.25, 0.3) is 6.08 Å². The van der Waals surface area contributed by atoms with Gasteiger partial charge in [-0.1, -0.05) is 0 Å². The van der Waals surface area contributed by atoms with E-state index in [1.54, 1.807) is 0 Å². The second-order valence-corrected chi connectivity index (χ2v) is 1.99. The minimum Gasteiger partial charge on any atom is -0.466 e. The van der Waals surface area contributed by atoms with Gasteiger partial charge in [0, 0.05) is 6.08 Å². The molecule has 1 rings (SSSR count). The van der Waals surface area contributed by atoms with Crippen LogP contribution in [0.4, 0.5) is 4.39 Å². The van der Waals surface area contributed by atoms with Crippen LogP contribution in [-0.4, -0.2) is 23.0 Å². The number of rotatable bonds is 2. The fourth-order valence-electron chi connectivity index (χ4n) is 0.620. The number of carbonyl (C=O) groups is 1. The molecule has 0 saturated heterocycles. The van der Waals surface area contributed by atoms with Crippen LogP contribution in [0.3, 0.4) is 0 Å². The summed E-state index contributed by atoms with van der Waals surface area (Å²) in [5.41, 5.74) is 0.415. The van der Waals surface area contributed by atoms with Gasteiger partial charge >= 0.3 is 5.97 Å². The van der Waals surface area contributed by atoms with Gasteiger partial charge in [0.1, 0.15) is 0 Å². The molecule has 5 heteroatoms. The van der Waals surface area contributed by atoms with E-state index in [1.165, 1.54) is 25.5 Å². The second kappa shape index (κ2) is 3.66. The molecule has 1 aromatic rings. The summed E-state index contributed by atoms with van der Waals surface area (Å²) in [5, 5.41) is 0. The maximum atomic E-state index is 12.2. The zero-order valence-electron chi connectivity index (χ0n) is 6.37. The Hall–Kier alpha value is -1.65. The van der Waals surface area contributed by atoms with Crippen molar-refractivity contribution in [3.8, 4) is 0 Å². The number of nitrogens with one attached hydrogen (secondary N) is 1. The highest BCUT2D eigenvalue weighted by Crippen LogP contribution is 1.97. The Kier molecular flexibility index (Phi) is 2.57. The first kappa shape index (κ1) is 8.45. The lowest BCUT2D eigenvalue weighted by Gasteiger charge is -1.87. The van der Waals surface area contributed by atoms with E-state index in [9.17, 15) is 9.18 Å². The van der Waals surface area contributed by atoms with E-state index in [-0.39, 0.29) is 0 Å². The maximum absolute atomic E-state index is 12.2. The number of nitrogens with zero attached hydrogens (tertiary/aromatic N) is 1. The smallest absolute Gasteiger partial charge is 0.330 e. The van der Waals surface area contributed by atoms with Crippen molar-refractivity contribution < 1.29 is 13.9 Å². The highest BCUT2D eigenvalue weighted by Gasteiger charge is 1.95. The third-order valence-electron chi connectivity index (χ3n) is 1.16. The minimum atomic E-state index is -0.681. The Balaban J connectivity index is 2.63. The number of aromatic nitrogens is 2. The van der Waals surface area contributed by atoms with E-state index in [2.05, 4.69) is 14.7 Å². The van der Waals surface area contributed by atoms with Crippen LogP contribution in [0, 0.1) is 6.08 Å². The molecule has 64 valence electrons. The van der Waals surface area contributed by atoms with Gasteiger partial charge in [-0.2, -0.15) is 4.39 Å². The van der Waals surface area contributed by atoms with Crippen LogP contribution in [0.25, 0.3) is 6.08 Å². The fraction of sp³-hybridized carbons (Fsp3) is 0.143. The lowest BCUT2D eigenvalue weighted by Crippen LogP contribution is -1.93. The van der Waals surface area contributed by atoms with Crippen LogP contribution in [0.5, 0.6) is 0 Å². The summed E-state index contributed by atoms with van der Waals surface area (Å²) in [7, 11) is 1.26. The first-order valence-electron chi connectivity index (χ1n) is 3.19. The molecule has 0 saturated carbocycles. The van der Waals surface area contributed by atoms with Crippen molar-refractivity contribution in [1.82, 2.24) is 9.97 Å². The summed E-state index contributed by atoms with van der Waals surface area (Å²) in [6.07, 6.45) is 3.14. The van der Waals surface area contributed by atoms with Gasteiger partial charge in [0.05, 0.1) is 19.0 Å². The van der Waals surface area contributed by atoms with Crippen LogP contribution in [0.2, 0.25) is 0 Å². The number of imidazole rings is 1. The second-order valence-electron chi connectivity index (χ2n) is 1.99. The molecule has 0 aromatic carbocycles. The molecular weight excluding hydrogens is 163 g/mol. The number of H-pyrrole nitrogens is 1. The molecule has 12 heavy (non-hydrogen) atoms. The van der Waals surface area contributed by atoms with Crippen molar-refractivity contribution in [2.24, 2.45) is 0 Å². The molecule has 1 N–H and O–H groups in total. The SMILES string of the molecule is COC(=O)/C=C/c1cnc(F)[nH]1. The Labute approximate surface area is 68.1 Å². The highest BCUT2D eigenvalue weighted by atomic mass is 19.1. The van der Waals surface area contributed by atoms with E-state index in [0.29, 0.717) is 5.69 Å². The molecule has 1 heterocycles. The lowest BCUT2D eigenvalue weighted by molar-refractivity contribution is -0.134. The van der Waals surface area contributed by atoms with Crippen LogP contribution in [0.15, 0.2) is 12.3 Å². The molecule has 0 radical (unpaired) electrons. The largest absolute Gasteiger partial charge is 0.466 e. The van der Waals surface area contributed by atoms with Crippen LogP contribution in [0.1, 0.15) is 5.69 Å². The first-order chi connectivity index (χ1) is 5.72. The fourth-order valence-corrected chi connectivity index (χ4v) is 0.620. The molecule has 4 nitrogen and oxygen atoms in total. The van der Waals surface area contributed by atoms with Gasteiger partial charge in [-0.15, -0.1) is 0 Å². The predicted octanol–water partition coefficient (Wildman–Crippen LogP) is 0.735. The summed E-state index contributed by atoms with van der Waals surface area (Å²) in [6.45, 7) is 0. The molecule has 0 aliphatic rings. The molecule has 0 fully saturated rings. The Bertz CT molecular complexity index is 306. The van der Waals surface area contributed by atoms with Gasteiger partial charge in [-0.05, 0) is 6.08 Å². The first-order valence-corrected chi connectivity index (χ1v) is 3.19. The number of ether oxygens (including phenoxy) is 1. The molecule has 0 aliphatic carbocycles. The number of esters is 1. The Morgan fingerprint density at radius 3 is 3.08 bits per heavy atom. The Morgan fingerprint density at radius 1 is 1.83 bits per heavy atom. The minimum absolute atomic E-state index is 0.415. The number of hydrogen-bond acceptors (Lipinski definition) is 3. The van der Waals surface area contributed by atoms with Crippen molar-refractivity contribution in [2.75, 3.05) is 7.11 Å². The van der Waals surface area contributed by atoms with Crippen molar-refractivity contribution in [3.05, 3.63) is 24.0 Å². The van der Waals surface area contributed by atoms with E-state index < -0.39 is 12.0 Å². The number of aromatic amines is 1. The van der Waals surface area contributed by atoms with E-state index in [4.69, 9.17) is 0 Å². The van der Waals surface area contributed by atoms with Gasteiger partial charge in [-0.3, -0.25) is 0 Å². The van der Waals surface area contributed by atoms with Gasteiger partial charge in [0.15, 0.2) is 0 Å². The number of carbonyl (C=O) groups excluding carboxylic acids is 1. The summed E-state index contributed by atoms with van der Waals surface area (Å²) in [6, 6.07) is 0. The highest BCUT2D eigenvalue weighted by molar-refractivity contribution is 5.86. The number of hydrogen-bond donors (Lipinski definition) is 1. The summed E-state index contributed by atoms with van der Waals surface area (Å²) in [4.78, 5) is 16.1. The predicted molar refractivity (Wildman–Crippen MR) is 39.6 cm³/mol. The van der Waals surface area contributed by atoms with E-state index in [1.807, 2.05) is 0 Å². The monoisotopic (exact) mass is 170 g/mol. The summed E-state index contributed by atoms with van der Waals surface area (Å²) in [5.74, 6) is -0.495. The normalized spacial score (nSPS) is 10.5. The summed E-state index contributed by atoms with van der Waals surface area (Å²) < 4.78 is 16.5. The molecule has 0 atom stereocenters. The van der Waals surface area contributed by atoms with Gasteiger partial charge in [-0.25, -0.2) is 9.78 Å². The van der Waals surface area contributed by atoms with E-state index >= 15 is 0 Å². The van der Waals surface area contributed by atoms with Gasteiger partial charge < -0.3 is 9.72 Å². The zero-order valence-corrected chi connectivity index (χ0v) is 6.37. The van der Waals surface area contributed by atoms with Crippen molar-refractivity contribution in [3.63, 3.8) is 0 Å². The van der Waals surface area contributed by atoms with Crippen LogP contribution in [-0.2, 0) is 9.53 Å². The average molecular weight is 170 g/mol. The molecule has 0 bridgehead atoms. The van der Waals surface area contributed by atoms with Crippen molar-refractivity contribution in [1.29, 1.82) is 0 Å². The molecule has 0 unspecified atom stereocenters. The van der Waals surface area contributed by atoms with Gasteiger partial charge in [0.2, 0.25) is 0 Å². The number of halogens is 1. The van der Waals surface area contributed by atoms with Crippen LogP contribution >= 0.6 is 0 Å². The topological polar surface area (TPSA) is 55.0 Å². The molecular formula is C7H7FN2O2. The standard InChI is InChI=1S/C7H7FN2O2/c1-12-6(11)3-2-5-4-9-7(8)10-5/h2-4H,1H3,(H,9,10)/b3-2+. The summed E-state index contributed by atoms with van der Waals surface area (Å²) >= 11 is 0. The number of methoxy groups -OCH3 is 1. The Morgan fingerprint density at radius 2 is 2.58 bits per heavy atom. The third kappa shape index (κ3) is 2.19. The van der Waals surface area contributed by atoms with Crippen molar-refractivity contribution >= 4 is 12.0 Å². The third-order valence-corrected chi connectivity index (χ3v) is 1.16. The molecule has 1 aromatic heterocycles. The molecule has 0 spiro atoms. The van der Waals surface area contributed by atoms with Crippen molar-refractivity contribution in [2.45, 2.75) is 0 Å².